The van der Waals surface area contributed by atoms with Gasteiger partial charge in [-0.15, -0.1) is 0 Å². The lowest BCUT2D eigenvalue weighted by Crippen LogP contribution is -2.54. The van der Waals surface area contributed by atoms with E-state index in [1.54, 1.807) is 0 Å². The first-order chi connectivity index (χ1) is 7.09. The highest BCUT2D eigenvalue weighted by molar-refractivity contribution is 4.89. The normalized spacial score (nSPS) is 37.0. The number of hydrogen-bond donors (Lipinski definition) is 1. The maximum Gasteiger partial charge on any atom is 0.0645 e. The minimum absolute atomic E-state index is 0.223. The molecule has 2 atom stereocenters. The van der Waals surface area contributed by atoms with Crippen LogP contribution in [0.2, 0.25) is 0 Å². The number of nitrogens with one attached hydrogen (secondary N) is 1. The molecule has 0 unspecified atom stereocenters. The van der Waals surface area contributed by atoms with E-state index in [2.05, 4.69) is 31.0 Å². The van der Waals surface area contributed by atoms with E-state index in [0.29, 0.717) is 0 Å². The van der Waals surface area contributed by atoms with Gasteiger partial charge in [-0.05, 0) is 38.8 Å². The summed E-state index contributed by atoms with van der Waals surface area (Å²) in [5, 5.41) is 3.48. The molecular weight excluding hydrogens is 188 g/mol. The molecule has 2 fully saturated rings. The van der Waals surface area contributed by atoms with E-state index in [0.717, 1.165) is 31.6 Å². The molecule has 0 aromatic rings. The third kappa shape index (κ3) is 2.52. The molecule has 1 N–H and O–H groups in total. The Morgan fingerprint density at radius 3 is 2.80 bits per heavy atom. The zero-order valence-electron chi connectivity index (χ0n) is 10.3. The second-order valence-corrected chi connectivity index (χ2v) is 5.71. The standard InChI is InChI=1S/C12H24N2O/c1-10-6-13-7-11(10)8-14-4-5-15-9-12(14,2)3/h10-11,13H,4-9H2,1-3H3/t10-,11+/m1/s1. The van der Waals surface area contributed by atoms with Crippen LogP contribution in [-0.4, -0.2) is 49.8 Å². The fraction of sp³-hybridized carbons (Fsp3) is 1.00. The number of nitrogens with zero attached hydrogens (tertiary/aromatic N) is 1. The number of ether oxygens (including phenoxy) is 1. The monoisotopic (exact) mass is 212 g/mol. The van der Waals surface area contributed by atoms with Crippen molar-refractivity contribution in [3.05, 3.63) is 0 Å². The van der Waals surface area contributed by atoms with Crippen LogP contribution in [0.5, 0.6) is 0 Å². The van der Waals surface area contributed by atoms with Gasteiger partial charge in [-0.25, -0.2) is 0 Å². The van der Waals surface area contributed by atoms with Gasteiger partial charge in [0.2, 0.25) is 0 Å². The smallest absolute Gasteiger partial charge is 0.0645 e. The minimum Gasteiger partial charge on any atom is -0.378 e. The summed E-state index contributed by atoms with van der Waals surface area (Å²) in [5.41, 5.74) is 0.223. The summed E-state index contributed by atoms with van der Waals surface area (Å²) in [6.07, 6.45) is 0. The second-order valence-electron chi connectivity index (χ2n) is 5.71. The lowest BCUT2D eigenvalue weighted by atomic mass is 9.94. The van der Waals surface area contributed by atoms with Crippen molar-refractivity contribution < 1.29 is 4.74 Å². The number of morpholine rings is 1. The van der Waals surface area contributed by atoms with Gasteiger partial charge in [-0.2, -0.15) is 0 Å². The predicted octanol–water partition coefficient (Wildman–Crippen LogP) is 0.953. The Balaban J connectivity index is 1.92. The van der Waals surface area contributed by atoms with Gasteiger partial charge in [-0.3, -0.25) is 4.90 Å². The molecule has 0 radical (unpaired) electrons. The molecule has 15 heavy (non-hydrogen) atoms. The van der Waals surface area contributed by atoms with Gasteiger partial charge < -0.3 is 10.1 Å². The van der Waals surface area contributed by atoms with Crippen LogP contribution in [0.15, 0.2) is 0 Å². The van der Waals surface area contributed by atoms with Crippen molar-refractivity contribution in [2.75, 3.05) is 39.4 Å². The summed E-state index contributed by atoms with van der Waals surface area (Å²) in [6, 6.07) is 0. The van der Waals surface area contributed by atoms with Crippen LogP contribution >= 0.6 is 0 Å². The minimum atomic E-state index is 0.223. The molecule has 0 amide bonds. The van der Waals surface area contributed by atoms with Gasteiger partial charge in [0.15, 0.2) is 0 Å². The third-order valence-electron chi connectivity index (χ3n) is 3.95. The van der Waals surface area contributed by atoms with Crippen molar-refractivity contribution in [2.24, 2.45) is 11.8 Å². The Morgan fingerprint density at radius 2 is 2.20 bits per heavy atom. The molecule has 3 heteroatoms. The Kier molecular flexibility index (Phi) is 3.33. The van der Waals surface area contributed by atoms with Crippen molar-refractivity contribution >= 4 is 0 Å². The molecule has 3 nitrogen and oxygen atoms in total. The average molecular weight is 212 g/mol. The predicted molar refractivity (Wildman–Crippen MR) is 62.0 cm³/mol. The molecule has 0 aromatic carbocycles. The lowest BCUT2D eigenvalue weighted by Gasteiger charge is -2.43. The largest absolute Gasteiger partial charge is 0.378 e. The average Bonchev–Trinajstić information content (AvgIpc) is 2.56. The highest BCUT2D eigenvalue weighted by atomic mass is 16.5. The summed E-state index contributed by atoms with van der Waals surface area (Å²) in [5.74, 6) is 1.64. The van der Waals surface area contributed by atoms with E-state index < -0.39 is 0 Å². The maximum absolute atomic E-state index is 5.55. The van der Waals surface area contributed by atoms with E-state index in [4.69, 9.17) is 4.74 Å². The zero-order valence-corrected chi connectivity index (χ0v) is 10.3. The molecule has 2 saturated heterocycles. The van der Waals surface area contributed by atoms with E-state index in [-0.39, 0.29) is 5.54 Å². The first kappa shape index (κ1) is 11.4. The molecule has 2 rings (SSSR count). The van der Waals surface area contributed by atoms with E-state index in [1.807, 2.05) is 0 Å². The molecule has 2 heterocycles. The maximum atomic E-state index is 5.55. The van der Waals surface area contributed by atoms with Crippen LogP contribution in [0.1, 0.15) is 20.8 Å². The Labute approximate surface area is 93.2 Å². The van der Waals surface area contributed by atoms with Crippen LogP contribution in [0, 0.1) is 11.8 Å². The van der Waals surface area contributed by atoms with Crippen molar-refractivity contribution in [2.45, 2.75) is 26.3 Å². The third-order valence-corrected chi connectivity index (χ3v) is 3.95. The highest BCUT2D eigenvalue weighted by Crippen LogP contribution is 2.24. The van der Waals surface area contributed by atoms with Gasteiger partial charge in [0.25, 0.3) is 0 Å². The summed E-state index contributed by atoms with van der Waals surface area (Å²) in [4.78, 5) is 2.60. The van der Waals surface area contributed by atoms with Crippen LogP contribution in [-0.2, 0) is 4.74 Å². The summed E-state index contributed by atoms with van der Waals surface area (Å²) < 4.78 is 5.55. The zero-order chi connectivity index (χ0) is 10.9. The molecule has 0 saturated carbocycles. The Bertz CT molecular complexity index is 218. The quantitative estimate of drug-likeness (QED) is 0.737. The molecule has 0 aliphatic carbocycles. The highest BCUT2D eigenvalue weighted by Gasteiger charge is 2.34. The van der Waals surface area contributed by atoms with Gasteiger partial charge >= 0.3 is 0 Å². The number of hydrogen-bond acceptors (Lipinski definition) is 3. The SMILES string of the molecule is C[C@@H]1CNC[C@H]1CN1CCOCC1(C)C. The van der Waals surface area contributed by atoms with Gasteiger partial charge in [0.1, 0.15) is 0 Å². The Hall–Kier alpha value is -0.120. The molecule has 0 aromatic heterocycles. The molecular formula is C12H24N2O. The summed E-state index contributed by atoms with van der Waals surface area (Å²) >= 11 is 0. The van der Waals surface area contributed by atoms with Gasteiger partial charge in [0, 0.05) is 18.6 Å². The van der Waals surface area contributed by atoms with Crippen molar-refractivity contribution in [3.8, 4) is 0 Å². The molecule has 2 aliphatic rings. The van der Waals surface area contributed by atoms with Gasteiger partial charge in [0.05, 0.1) is 13.2 Å². The lowest BCUT2D eigenvalue weighted by molar-refractivity contribution is -0.0579. The van der Waals surface area contributed by atoms with Crippen molar-refractivity contribution in [3.63, 3.8) is 0 Å². The fourth-order valence-electron chi connectivity index (χ4n) is 2.62. The molecule has 88 valence electrons. The topological polar surface area (TPSA) is 24.5 Å². The Morgan fingerprint density at radius 1 is 1.40 bits per heavy atom. The van der Waals surface area contributed by atoms with Crippen molar-refractivity contribution in [1.82, 2.24) is 10.2 Å². The van der Waals surface area contributed by atoms with Crippen LogP contribution in [0.25, 0.3) is 0 Å². The van der Waals surface area contributed by atoms with Crippen LogP contribution < -0.4 is 5.32 Å². The first-order valence-corrected chi connectivity index (χ1v) is 6.13. The van der Waals surface area contributed by atoms with E-state index in [1.165, 1.54) is 19.6 Å². The summed E-state index contributed by atoms with van der Waals surface area (Å²) in [7, 11) is 0. The first-order valence-electron chi connectivity index (χ1n) is 6.13. The van der Waals surface area contributed by atoms with E-state index >= 15 is 0 Å². The fourth-order valence-corrected chi connectivity index (χ4v) is 2.62. The molecule has 0 bridgehead atoms. The summed E-state index contributed by atoms with van der Waals surface area (Å²) in [6.45, 7) is 13.4. The van der Waals surface area contributed by atoms with Gasteiger partial charge in [-0.1, -0.05) is 6.92 Å². The second kappa shape index (κ2) is 4.40. The number of rotatable bonds is 2. The van der Waals surface area contributed by atoms with Crippen molar-refractivity contribution in [1.29, 1.82) is 0 Å². The van der Waals surface area contributed by atoms with Crippen LogP contribution in [0.3, 0.4) is 0 Å². The van der Waals surface area contributed by atoms with Crippen LogP contribution in [0.4, 0.5) is 0 Å². The van der Waals surface area contributed by atoms with E-state index in [9.17, 15) is 0 Å². The molecule has 2 aliphatic heterocycles. The molecule has 0 spiro atoms.